The number of Topliss-reactive ketones (excluding diaryl/α,β-unsaturated/α-hetero) is 1. The first-order valence-corrected chi connectivity index (χ1v) is 6.83. The number of benzene rings is 2. The number of hydrogen-bond donors (Lipinski definition) is 2. The number of rotatable bonds is 5. The molecule has 0 unspecified atom stereocenters. The van der Waals surface area contributed by atoms with Crippen molar-refractivity contribution < 1.29 is 9.59 Å². The number of carbonyl (C=O) groups is 2. The van der Waals surface area contributed by atoms with Gasteiger partial charge in [-0.05, 0) is 43.3 Å². The number of hydrogen-bond acceptors (Lipinski definition) is 3. The summed E-state index contributed by atoms with van der Waals surface area (Å²) < 4.78 is 0. The van der Waals surface area contributed by atoms with E-state index in [0.717, 1.165) is 0 Å². The third kappa shape index (κ3) is 4.33. The highest BCUT2D eigenvalue weighted by atomic mass is 35.5. The molecule has 5 heteroatoms. The average molecular weight is 303 g/mol. The fourth-order valence-electron chi connectivity index (χ4n) is 1.86. The Labute approximate surface area is 128 Å². The first kappa shape index (κ1) is 15.1. The van der Waals surface area contributed by atoms with Crippen molar-refractivity contribution >= 4 is 34.7 Å². The normalized spacial score (nSPS) is 10.0. The first-order valence-electron chi connectivity index (χ1n) is 6.45. The van der Waals surface area contributed by atoms with Gasteiger partial charge >= 0.3 is 0 Å². The first-order chi connectivity index (χ1) is 10.1. The summed E-state index contributed by atoms with van der Waals surface area (Å²) >= 11 is 5.78. The molecule has 0 aliphatic heterocycles. The molecule has 0 saturated carbocycles. The molecule has 0 spiro atoms. The van der Waals surface area contributed by atoms with Crippen LogP contribution in [0, 0.1) is 0 Å². The Morgan fingerprint density at radius 3 is 2.38 bits per heavy atom. The molecule has 2 N–H and O–H groups in total. The summed E-state index contributed by atoms with van der Waals surface area (Å²) in [5.74, 6) is -0.244. The van der Waals surface area contributed by atoms with E-state index >= 15 is 0 Å². The third-order valence-corrected chi connectivity index (χ3v) is 3.13. The zero-order valence-electron chi connectivity index (χ0n) is 11.5. The minimum absolute atomic E-state index is 0.0452. The molecule has 0 radical (unpaired) electrons. The molecule has 0 fully saturated rings. The molecule has 2 aromatic rings. The number of halogens is 1. The fraction of sp³-hybridized carbons (Fsp3) is 0.125. The number of nitrogens with one attached hydrogen (secondary N) is 2. The van der Waals surface area contributed by atoms with Crippen molar-refractivity contribution in [1.29, 1.82) is 0 Å². The summed E-state index contributed by atoms with van der Waals surface area (Å²) in [6.45, 7) is 1.57. The standard InChI is InChI=1S/C16H15ClN2O2/c1-11(20)14-4-2-3-5-15(14)18-10-16(21)19-13-8-6-12(17)7-9-13/h2-9,18H,10H2,1H3,(H,19,21). The molecule has 0 aromatic heterocycles. The molecular weight excluding hydrogens is 288 g/mol. The molecule has 0 aliphatic rings. The van der Waals surface area contributed by atoms with E-state index in [9.17, 15) is 9.59 Å². The summed E-state index contributed by atoms with van der Waals surface area (Å²) in [7, 11) is 0. The second-order valence-corrected chi connectivity index (χ2v) is 4.95. The Hall–Kier alpha value is -2.33. The van der Waals surface area contributed by atoms with Crippen LogP contribution in [-0.4, -0.2) is 18.2 Å². The van der Waals surface area contributed by atoms with Crippen LogP contribution in [-0.2, 0) is 4.79 Å². The highest BCUT2D eigenvalue weighted by Crippen LogP contribution is 2.16. The molecule has 0 atom stereocenters. The number of para-hydroxylation sites is 1. The van der Waals surface area contributed by atoms with Crippen molar-refractivity contribution in [3.8, 4) is 0 Å². The third-order valence-electron chi connectivity index (χ3n) is 2.87. The van der Waals surface area contributed by atoms with Gasteiger partial charge in [0.25, 0.3) is 0 Å². The number of anilines is 2. The van der Waals surface area contributed by atoms with Gasteiger partial charge in [-0.2, -0.15) is 0 Å². The molecule has 2 rings (SSSR count). The van der Waals surface area contributed by atoms with E-state index in [1.807, 2.05) is 6.07 Å². The molecule has 21 heavy (non-hydrogen) atoms. The Morgan fingerprint density at radius 2 is 1.71 bits per heavy atom. The molecule has 108 valence electrons. The summed E-state index contributed by atoms with van der Waals surface area (Å²) in [6, 6.07) is 14.0. The second-order valence-electron chi connectivity index (χ2n) is 4.51. The van der Waals surface area contributed by atoms with Crippen molar-refractivity contribution in [2.75, 3.05) is 17.2 Å². The molecule has 4 nitrogen and oxygen atoms in total. The van der Waals surface area contributed by atoms with E-state index in [-0.39, 0.29) is 18.2 Å². The van der Waals surface area contributed by atoms with Gasteiger partial charge in [-0.1, -0.05) is 23.7 Å². The highest BCUT2D eigenvalue weighted by Gasteiger charge is 2.08. The molecule has 0 aliphatic carbocycles. The minimum Gasteiger partial charge on any atom is -0.376 e. The molecular formula is C16H15ClN2O2. The maximum atomic E-state index is 11.9. The largest absolute Gasteiger partial charge is 0.376 e. The van der Waals surface area contributed by atoms with Crippen molar-refractivity contribution in [2.24, 2.45) is 0 Å². The van der Waals surface area contributed by atoms with E-state index in [1.165, 1.54) is 6.92 Å². The van der Waals surface area contributed by atoms with Crippen LogP contribution in [0.3, 0.4) is 0 Å². The lowest BCUT2D eigenvalue weighted by atomic mass is 10.1. The zero-order valence-corrected chi connectivity index (χ0v) is 12.3. The van der Waals surface area contributed by atoms with Gasteiger partial charge in [0.05, 0.1) is 6.54 Å². The van der Waals surface area contributed by atoms with Crippen molar-refractivity contribution in [3.63, 3.8) is 0 Å². The predicted molar refractivity (Wildman–Crippen MR) is 85.0 cm³/mol. The molecule has 0 saturated heterocycles. The maximum absolute atomic E-state index is 11.9. The molecule has 0 heterocycles. The van der Waals surface area contributed by atoms with Crippen LogP contribution in [0.2, 0.25) is 5.02 Å². The van der Waals surface area contributed by atoms with Crippen LogP contribution in [0.4, 0.5) is 11.4 Å². The van der Waals surface area contributed by atoms with Crippen molar-refractivity contribution in [3.05, 3.63) is 59.1 Å². The lowest BCUT2D eigenvalue weighted by Crippen LogP contribution is -2.22. The van der Waals surface area contributed by atoms with Crippen molar-refractivity contribution in [1.82, 2.24) is 0 Å². The number of carbonyl (C=O) groups excluding carboxylic acids is 2. The number of ketones is 1. The minimum atomic E-state index is -0.198. The SMILES string of the molecule is CC(=O)c1ccccc1NCC(=O)Nc1ccc(Cl)cc1. The Balaban J connectivity index is 1.95. The zero-order chi connectivity index (χ0) is 15.2. The number of amides is 1. The van der Waals surface area contributed by atoms with Crippen LogP contribution < -0.4 is 10.6 Å². The maximum Gasteiger partial charge on any atom is 0.243 e. The summed E-state index contributed by atoms with van der Waals surface area (Å²) in [5.41, 5.74) is 1.89. The Bertz CT molecular complexity index is 654. The summed E-state index contributed by atoms with van der Waals surface area (Å²) in [5, 5.41) is 6.32. The molecule has 1 amide bonds. The van der Waals surface area contributed by atoms with Gasteiger partial charge in [0.2, 0.25) is 5.91 Å². The second kappa shape index (κ2) is 6.90. The van der Waals surface area contributed by atoms with E-state index in [0.29, 0.717) is 22.0 Å². The molecule has 2 aromatic carbocycles. The van der Waals surface area contributed by atoms with Gasteiger partial charge in [-0.3, -0.25) is 9.59 Å². The average Bonchev–Trinajstić information content (AvgIpc) is 2.48. The highest BCUT2D eigenvalue weighted by molar-refractivity contribution is 6.30. The van der Waals surface area contributed by atoms with Gasteiger partial charge < -0.3 is 10.6 Å². The van der Waals surface area contributed by atoms with Gasteiger partial charge in [-0.15, -0.1) is 0 Å². The van der Waals surface area contributed by atoms with Crippen LogP contribution in [0.1, 0.15) is 17.3 Å². The lowest BCUT2D eigenvalue weighted by Gasteiger charge is -2.10. The molecule has 0 bridgehead atoms. The van der Waals surface area contributed by atoms with E-state index in [1.54, 1.807) is 42.5 Å². The van der Waals surface area contributed by atoms with Gasteiger partial charge in [-0.25, -0.2) is 0 Å². The predicted octanol–water partition coefficient (Wildman–Crippen LogP) is 3.59. The Kier molecular flexibility index (Phi) is 4.95. The Morgan fingerprint density at radius 1 is 1.05 bits per heavy atom. The van der Waals surface area contributed by atoms with Crippen LogP contribution >= 0.6 is 11.6 Å². The summed E-state index contributed by atoms with van der Waals surface area (Å²) in [6.07, 6.45) is 0. The van der Waals surface area contributed by atoms with Gasteiger partial charge in [0.1, 0.15) is 0 Å². The topological polar surface area (TPSA) is 58.2 Å². The summed E-state index contributed by atoms with van der Waals surface area (Å²) in [4.78, 5) is 23.3. The van der Waals surface area contributed by atoms with E-state index in [2.05, 4.69) is 10.6 Å². The quantitative estimate of drug-likeness (QED) is 0.830. The lowest BCUT2D eigenvalue weighted by molar-refractivity contribution is -0.114. The van der Waals surface area contributed by atoms with Crippen LogP contribution in [0.15, 0.2) is 48.5 Å². The van der Waals surface area contributed by atoms with Gasteiger partial charge in [0, 0.05) is 22.0 Å². The van der Waals surface area contributed by atoms with Crippen LogP contribution in [0.5, 0.6) is 0 Å². The smallest absolute Gasteiger partial charge is 0.243 e. The van der Waals surface area contributed by atoms with Crippen LogP contribution in [0.25, 0.3) is 0 Å². The fourth-order valence-corrected chi connectivity index (χ4v) is 1.98. The van der Waals surface area contributed by atoms with E-state index < -0.39 is 0 Å². The van der Waals surface area contributed by atoms with Gasteiger partial charge in [0.15, 0.2) is 5.78 Å². The monoisotopic (exact) mass is 302 g/mol. The van der Waals surface area contributed by atoms with E-state index in [4.69, 9.17) is 11.6 Å². The van der Waals surface area contributed by atoms with Crippen molar-refractivity contribution in [2.45, 2.75) is 6.92 Å².